The third-order valence-electron chi connectivity index (χ3n) is 7.21. The molecule has 0 radical (unpaired) electrons. The second-order valence-corrected chi connectivity index (χ2v) is 9.74. The molecule has 5 rings (SSSR count). The lowest BCUT2D eigenvalue weighted by molar-refractivity contribution is -0.147. The van der Waals surface area contributed by atoms with Crippen LogP contribution in [0.15, 0.2) is 36.5 Å². The summed E-state index contributed by atoms with van der Waals surface area (Å²) in [6, 6.07) is 9.14. The quantitative estimate of drug-likeness (QED) is 0.384. The molecule has 1 aliphatic carbocycles. The summed E-state index contributed by atoms with van der Waals surface area (Å²) in [5.41, 5.74) is 4.33. The van der Waals surface area contributed by atoms with Crippen LogP contribution in [0.25, 0.3) is 27.5 Å². The Labute approximate surface area is 191 Å². The first-order valence-corrected chi connectivity index (χ1v) is 11.3. The van der Waals surface area contributed by atoms with E-state index >= 15 is 0 Å². The molecule has 0 aliphatic heterocycles. The van der Waals surface area contributed by atoms with Gasteiger partial charge in [-0.25, -0.2) is 4.39 Å². The van der Waals surface area contributed by atoms with Gasteiger partial charge >= 0.3 is 5.97 Å². The van der Waals surface area contributed by atoms with Crippen molar-refractivity contribution in [1.82, 2.24) is 14.8 Å². The highest BCUT2D eigenvalue weighted by molar-refractivity contribution is 5.99. The number of aromatic amines is 1. The third-order valence-corrected chi connectivity index (χ3v) is 7.21. The van der Waals surface area contributed by atoms with E-state index in [1.807, 2.05) is 6.92 Å². The molecule has 7 heteroatoms. The summed E-state index contributed by atoms with van der Waals surface area (Å²) in [4.78, 5) is 12.0. The number of aliphatic carboxylic acids is 1. The van der Waals surface area contributed by atoms with Crippen LogP contribution >= 0.6 is 0 Å². The summed E-state index contributed by atoms with van der Waals surface area (Å²) in [5, 5.41) is 19.2. The number of hydrogen-bond acceptors (Lipinski definition) is 3. The van der Waals surface area contributed by atoms with Crippen LogP contribution in [0.5, 0.6) is 5.75 Å². The fourth-order valence-electron chi connectivity index (χ4n) is 5.51. The molecule has 1 saturated carbocycles. The number of rotatable bonds is 5. The van der Waals surface area contributed by atoms with Gasteiger partial charge in [0.05, 0.1) is 29.8 Å². The number of aromatic nitrogens is 3. The Kier molecular flexibility index (Phi) is 4.96. The number of carboxylic acids is 1. The minimum absolute atomic E-state index is 0.120. The van der Waals surface area contributed by atoms with Gasteiger partial charge in [0.2, 0.25) is 0 Å². The number of halogens is 1. The molecule has 2 N–H and O–H groups in total. The zero-order chi connectivity index (χ0) is 23.5. The van der Waals surface area contributed by atoms with Crippen LogP contribution in [-0.4, -0.2) is 33.0 Å². The highest BCUT2D eigenvalue weighted by atomic mass is 19.1. The Hall–Kier alpha value is -3.35. The molecule has 4 aromatic rings. The molecule has 2 atom stereocenters. The maximum atomic E-state index is 14.2. The Balaban J connectivity index is 1.83. The van der Waals surface area contributed by atoms with E-state index in [2.05, 4.69) is 40.7 Å². The van der Waals surface area contributed by atoms with Crippen LogP contribution in [0.3, 0.4) is 0 Å². The van der Waals surface area contributed by atoms with Gasteiger partial charge in [-0.15, -0.1) is 0 Å². The van der Waals surface area contributed by atoms with Gasteiger partial charge in [0.1, 0.15) is 0 Å². The molecule has 172 valence electrons. The predicted octanol–water partition coefficient (Wildman–Crippen LogP) is 6.14. The number of hydrogen-bond donors (Lipinski definition) is 2. The fourth-order valence-corrected chi connectivity index (χ4v) is 5.51. The number of nitrogens with zero attached hydrogens (tertiary/aromatic N) is 2. The zero-order valence-corrected chi connectivity index (χ0v) is 19.3. The lowest BCUT2D eigenvalue weighted by Crippen LogP contribution is -2.23. The fraction of sp³-hybridized carbons (Fsp3) is 0.385. The highest BCUT2D eigenvalue weighted by Crippen LogP contribution is 2.51. The predicted molar refractivity (Wildman–Crippen MR) is 126 cm³/mol. The number of methoxy groups -OCH3 is 1. The van der Waals surface area contributed by atoms with Gasteiger partial charge in [0, 0.05) is 28.2 Å². The number of nitrogens with one attached hydrogen (secondary N) is 1. The largest absolute Gasteiger partial charge is 0.494 e. The van der Waals surface area contributed by atoms with Crippen LogP contribution in [0, 0.1) is 11.2 Å². The molecule has 6 nitrogen and oxygen atoms in total. The third kappa shape index (κ3) is 3.29. The Morgan fingerprint density at radius 3 is 2.79 bits per heavy atom. The van der Waals surface area contributed by atoms with Gasteiger partial charge in [-0.2, -0.15) is 5.10 Å². The van der Waals surface area contributed by atoms with Gasteiger partial charge in [-0.05, 0) is 67.9 Å². The van der Waals surface area contributed by atoms with Gasteiger partial charge in [0.25, 0.3) is 0 Å². The normalized spacial score (nSPS) is 20.8. The molecule has 0 bridgehead atoms. The van der Waals surface area contributed by atoms with E-state index in [0.717, 1.165) is 39.6 Å². The van der Waals surface area contributed by atoms with Crippen molar-refractivity contribution in [1.29, 1.82) is 0 Å². The number of fused-ring (bicyclic) bond motifs is 2. The molecule has 2 aromatic heterocycles. The van der Waals surface area contributed by atoms with Crippen molar-refractivity contribution in [2.75, 3.05) is 7.11 Å². The Morgan fingerprint density at radius 2 is 2.12 bits per heavy atom. The molecule has 33 heavy (non-hydrogen) atoms. The van der Waals surface area contributed by atoms with Gasteiger partial charge < -0.3 is 14.4 Å². The van der Waals surface area contributed by atoms with E-state index in [0.29, 0.717) is 12.8 Å². The standard InChI is InChI=1S/C26H28FN3O3/c1-14(2)24-23(15-7-8-26(3,12-15)25(31)32)18-11-20-16(13-28-29-20)9-21(18)30(24)17-5-6-19(27)22(10-17)33-4/h5-6,9-11,13-15H,7-8,12H2,1-4H3,(H,28,29)(H,31,32)/t15-,26-/m1/s1. The lowest BCUT2D eigenvalue weighted by Gasteiger charge is -2.21. The van der Waals surface area contributed by atoms with Crippen molar-refractivity contribution >= 4 is 27.8 Å². The number of H-pyrrole nitrogens is 1. The average molecular weight is 450 g/mol. The minimum atomic E-state index is -0.737. The smallest absolute Gasteiger partial charge is 0.309 e. The maximum absolute atomic E-state index is 14.2. The summed E-state index contributed by atoms with van der Waals surface area (Å²) < 4.78 is 21.7. The first-order valence-electron chi connectivity index (χ1n) is 11.3. The van der Waals surface area contributed by atoms with Crippen LogP contribution < -0.4 is 4.74 Å². The first kappa shape index (κ1) is 21.5. The van der Waals surface area contributed by atoms with E-state index in [1.54, 1.807) is 18.3 Å². The number of ether oxygens (including phenoxy) is 1. The van der Waals surface area contributed by atoms with E-state index < -0.39 is 17.2 Å². The van der Waals surface area contributed by atoms with Crippen molar-refractivity contribution in [3.05, 3.63) is 53.6 Å². The van der Waals surface area contributed by atoms with Gasteiger partial charge in [0.15, 0.2) is 11.6 Å². The Morgan fingerprint density at radius 1 is 1.33 bits per heavy atom. The maximum Gasteiger partial charge on any atom is 0.309 e. The molecular formula is C26H28FN3O3. The average Bonchev–Trinajstić information content (AvgIpc) is 3.48. The molecule has 0 unspecified atom stereocenters. The molecule has 1 aliphatic rings. The first-order chi connectivity index (χ1) is 15.7. The molecule has 0 spiro atoms. The van der Waals surface area contributed by atoms with Crippen molar-refractivity contribution in [3.8, 4) is 11.4 Å². The summed E-state index contributed by atoms with van der Waals surface area (Å²) in [6.07, 6.45) is 3.85. The molecule has 2 aromatic carbocycles. The second-order valence-electron chi connectivity index (χ2n) is 9.74. The van der Waals surface area contributed by atoms with E-state index in [1.165, 1.54) is 18.7 Å². The van der Waals surface area contributed by atoms with E-state index in [4.69, 9.17) is 4.74 Å². The Bertz CT molecular complexity index is 1390. The molecular weight excluding hydrogens is 421 g/mol. The highest BCUT2D eigenvalue weighted by Gasteiger charge is 2.43. The minimum Gasteiger partial charge on any atom is -0.494 e. The van der Waals surface area contributed by atoms with Crippen molar-refractivity contribution in [3.63, 3.8) is 0 Å². The molecule has 0 amide bonds. The summed E-state index contributed by atoms with van der Waals surface area (Å²) >= 11 is 0. The van der Waals surface area contributed by atoms with Crippen molar-refractivity contribution < 1.29 is 19.0 Å². The molecule has 1 fully saturated rings. The number of benzene rings is 2. The SMILES string of the molecule is COc1cc(-n2c(C(C)C)c([C@@H]3CC[C@@](C)(C(=O)O)C3)c3cc4[nH]ncc4cc32)ccc1F. The van der Waals surface area contributed by atoms with Crippen LogP contribution in [0.1, 0.15) is 63.1 Å². The summed E-state index contributed by atoms with van der Waals surface area (Å²) in [7, 11) is 1.46. The second kappa shape index (κ2) is 7.61. The van der Waals surface area contributed by atoms with E-state index in [-0.39, 0.29) is 17.6 Å². The van der Waals surface area contributed by atoms with Gasteiger partial charge in [-0.3, -0.25) is 9.89 Å². The van der Waals surface area contributed by atoms with Crippen molar-refractivity contribution in [2.24, 2.45) is 5.41 Å². The molecule has 0 saturated heterocycles. The molecule has 2 heterocycles. The summed E-state index contributed by atoms with van der Waals surface area (Å²) in [5.74, 6) is -0.672. The number of carboxylic acid groups (broad SMARTS) is 1. The van der Waals surface area contributed by atoms with Crippen molar-refractivity contribution in [2.45, 2.75) is 51.9 Å². The van der Waals surface area contributed by atoms with Gasteiger partial charge in [-0.1, -0.05) is 13.8 Å². The van der Waals surface area contributed by atoms with Crippen LogP contribution in [-0.2, 0) is 4.79 Å². The van der Waals surface area contributed by atoms with Crippen LogP contribution in [0.2, 0.25) is 0 Å². The summed E-state index contributed by atoms with van der Waals surface area (Å²) in [6.45, 7) is 6.14. The van der Waals surface area contributed by atoms with E-state index in [9.17, 15) is 14.3 Å². The number of carbonyl (C=O) groups is 1. The monoisotopic (exact) mass is 449 g/mol. The lowest BCUT2D eigenvalue weighted by atomic mass is 9.84. The zero-order valence-electron chi connectivity index (χ0n) is 19.3. The topological polar surface area (TPSA) is 80.1 Å². The van der Waals surface area contributed by atoms with Crippen LogP contribution in [0.4, 0.5) is 4.39 Å².